The van der Waals surface area contributed by atoms with Crippen molar-refractivity contribution in [1.82, 2.24) is 5.32 Å². The van der Waals surface area contributed by atoms with Crippen LogP contribution < -0.4 is 15.4 Å². The third kappa shape index (κ3) is 7.61. The summed E-state index contributed by atoms with van der Waals surface area (Å²) in [6.07, 6.45) is 4.45. The van der Waals surface area contributed by atoms with Crippen LogP contribution in [0.25, 0.3) is 12.2 Å². The molecule has 0 spiro atoms. The number of ketones is 1. The average molecular weight is 548 g/mol. The number of benzene rings is 4. The molecule has 0 unspecified atom stereocenters. The van der Waals surface area contributed by atoms with Crippen molar-refractivity contribution in [1.29, 1.82) is 0 Å². The Balaban J connectivity index is 1.49. The smallest absolute Gasteiger partial charge is 0.272 e. The first kappa shape index (κ1) is 28.2. The van der Waals surface area contributed by atoms with Crippen molar-refractivity contribution in [2.24, 2.45) is 0 Å². The Morgan fingerprint density at radius 3 is 2.12 bits per heavy atom. The second-order valence-corrected chi connectivity index (χ2v) is 8.70. The third-order valence-corrected chi connectivity index (χ3v) is 5.93. The number of ether oxygens (including phenoxy) is 1. The zero-order valence-electron chi connectivity index (χ0n) is 21.9. The molecule has 0 heterocycles. The fourth-order valence-electron chi connectivity index (χ4n) is 3.78. The van der Waals surface area contributed by atoms with Gasteiger partial charge in [-0.15, -0.1) is 0 Å². The molecule has 2 amide bonds. The lowest BCUT2D eigenvalue weighted by molar-refractivity contribution is -0.384. The SMILES string of the molecule is COc1ccccc1/C=C(\NC(=O)c1ccccc1)C(=O)Nc1ccc(C(=O)/C=C/c2ccc([N+](=O)[O-])cc2)cc1. The monoisotopic (exact) mass is 547 g/mol. The number of anilines is 1. The Morgan fingerprint density at radius 1 is 0.805 bits per heavy atom. The molecule has 4 rings (SSSR count). The van der Waals surface area contributed by atoms with E-state index in [4.69, 9.17) is 4.74 Å². The third-order valence-electron chi connectivity index (χ3n) is 5.93. The number of hydrogen-bond acceptors (Lipinski definition) is 6. The molecule has 4 aromatic rings. The number of carbonyl (C=O) groups is 3. The number of para-hydroxylation sites is 1. The van der Waals surface area contributed by atoms with Gasteiger partial charge in [0.15, 0.2) is 5.78 Å². The molecule has 0 atom stereocenters. The van der Waals surface area contributed by atoms with Gasteiger partial charge in [0, 0.05) is 34.5 Å². The van der Waals surface area contributed by atoms with E-state index < -0.39 is 16.7 Å². The van der Waals surface area contributed by atoms with E-state index in [1.807, 2.05) is 0 Å². The topological polar surface area (TPSA) is 128 Å². The van der Waals surface area contributed by atoms with Crippen LogP contribution >= 0.6 is 0 Å². The first-order chi connectivity index (χ1) is 19.8. The predicted molar refractivity (Wildman–Crippen MR) is 156 cm³/mol. The number of allylic oxidation sites excluding steroid dienone is 1. The summed E-state index contributed by atoms with van der Waals surface area (Å²) in [5, 5.41) is 16.2. The number of non-ortho nitro benzene ring substituents is 1. The fourth-order valence-corrected chi connectivity index (χ4v) is 3.78. The first-order valence-corrected chi connectivity index (χ1v) is 12.4. The molecule has 0 saturated heterocycles. The largest absolute Gasteiger partial charge is 0.496 e. The molecule has 0 aromatic heterocycles. The summed E-state index contributed by atoms with van der Waals surface area (Å²) in [5.74, 6) is -0.788. The van der Waals surface area contributed by atoms with Crippen LogP contribution in [0.2, 0.25) is 0 Å². The number of methoxy groups -OCH3 is 1. The Morgan fingerprint density at radius 2 is 1.46 bits per heavy atom. The number of amides is 2. The molecule has 0 fully saturated rings. The Kier molecular flexibility index (Phi) is 9.14. The standard InChI is InChI=1S/C32H25N3O6/c1-41-30-10-6-5-9-25(30)21-28(34-31(37)24-7-3-2-4-8-24)32(38)33-26-16-14-23(15-17-26)29(36)20-13-22-11-18-27(19-12-22)35(39)40/h2-21H,1H3,(H,33,38)(H,34,37)/b20-13+,28-21-. The minimum Gasteiger partial charge on any atom is -0.496 e. The Hall–Kier alpha value is -5.83. The molecule has 0 saturated carbocycles. The van der Waals surface area contributed by atoms with E-state index in [2.05, 4.69) is 10.6 Å². The second-order valence-electron chi connectivity index (χ2n) is 8.70. The Labute approximate surface area is 235 Å². The summed E-state index contributed by atoms with van der Waals surface area (Å²) in [6.45, 7) is 0. The maximum absolute atomic E-state index is 13.3. The van der Waals surface area contributed by atoms with Gasteiger partial charge in [0.25, 0.3) is 17.5 Å². The van der Waals surface area contributed by atoms with Gasteiger partial charge < -0.3 is 15.4 Å². The van der Waals surface area contributed by atoms with Crippen molar-refractivity contribution in [3.63, 3.8) is 0 Å². The van der Waals surface area contributed by atoms with Crippen LogP contribution in [0.15, 0.2) is 115 Å². The lowest BCUT2D eigenvalue weighted by Gasteiger charge is -2.12. The quantitative estimate of drug-likeness (QED) is 0.110. The number of hydrogen-bond donors (Lipinski definition) is 2. The van der Waals surface area contributed by atoms with Crippen LogP contribution in [0.5, 0.6) is 5.75 Å². The lowest BCUT2D eigenvalue weighted by atomic mass is 10.1. The summed E-state index contributed by atoms with van der Waals surface area (Å²) in [4.78, 5) is 49.0. The number of nitrogens with zero attached hydrogens (tertiary/aromatic N) is 1. The van der Waals surface area contributed by atoms with Gasteiger partial charge in [-0.3, -0.25) is 24.5 Å². The fraction of sp³-hybridized carbons (Fsp3) is 0.0312. The molecular weight excluding hydrogens is 522 g/mol. The number of rotatable bonds is 10. The summed E-state index contributed by atoms with van der Waals surface area (Å²) in [6, 6.07) is 27.7. The van der Waals surface area contributed by atoms with E-state index in [0.717, 1.165) is 0 Å². The van der Waals surface area contributed by atoms with Crippen LogP contribution in [-0.4, -0.2) is 29.6 Å². The summed E-state index contributed by atoms with van der Waals surface area (Å²) in [7, 11) is 1.51. The molecule has 9 heteroatoms. The lowest BCUT2D eigenvalue weighted by Crippen LogP contribution is -2.30. The predicted octanol–water partition coefficient (Wildman–Crippen LogP) is 5.91. The zero-order valence-corrected chi connectivity index (χ0v) is 21.9. The number of nitro groups is 1. The van der Waals surface area contributed by atoms with E-state index in [1.165, 1.54) is 31.4 Å². The van der Waals surface area contributed by atoms with Crippen molar-refractivity contribution in [2.75, 3.05) is 12.4 Å². The molecule has 2 N–H and O–H groups in total. The van der Waals surface area contributed by atoms with Gasteiger partial charge in [-0.2, -0.15) is 0 Å². The molecule has 0 radical (unpaired) electrons. The van der Waals surface area contributed by atoms with Crippen LogP contribution in [0.1, 0.15) is 31.8 Å². The van der Waals surface area contributed by atoms with Crippen molar-refractivity contribution in [3.8, 4) is 5.75 Å². The van der Waals surface area contributed by atoms with Crippen LogP contribution in [0, 0.1) is 10.1 Å². The summed E-state index contributed by atoms with van der Waals surface area (Å²) < 4.78 is 5.38. The van der Waals surface area contributed by atoms with Gasteiger partial charge in [-0.1, -0.05) is 42.5 Å². The van der Waals surface area contributed by atoms with E-state index in [9.17, 15) is 24.5 Å². The highest BCUT2D eigenvalue weighted by molar-refractivity contribution is 6.11. The van der Waals surface area contributed by atoms with E-state index in [-0.39, 0.29) is 17.2 Å². The van der Waals surface area contributed by atoms with Crippen LogP contribution in [0.3, 0.4) is 0 Å². The van der Waals surface area contributed by atoms with Gasteiger partial charge in [-0.05, 0) is 72.3 Å². The minimum atomic E-state index is -0.572. The van der Waals surface area contributed by atoms with Crippen molar-refractivity contribution < 1.29 is 24.0 Å². The van der Waals surface area contributed by atoms with E-state index in [0.29, 0.717) is 33.7 Å². The molecule has 4 aromatic carbocycles. The summed E-state index contributed by atoms with van der Waals surface area (Å²) >= 11 is 0. The number of nitro benzene ring substituents is 1. The van der Waals surface area contributed by atoms with Crippen molar-refractivity contribution in [2.45, 2.75) is 0 Å². The average Bonchev–Trinajstić information content (AvgIpc) is 3.00. The molecule has 0 bridgehead atoms. The molecule has 0 aliphatic carbocycles. The van der Waals surface area contributed by atoms with Crippen molar-refractivity contribution >= 4 is 41.1 Å². The minimum absolute atomic E-state index is 0.00506. The van der Waals surface area contributed by atoms with Gasteiger partial charge >= 0.3 is 0 Å². The highest BCUT2D eigenvalue weighted by Crippen LogP contribution is 2.21. The number of carbonyl (C=O) groups excluding carboxylic acids is 3. The van der Waals surface area contributed by atoms with Gasteiger partial charge in [0.2, 0.25) is 0 Å². The van der Waals surface area contributed by atoms with E-state index in [1.54, 1.807) is 97.1 Å². The molecule has 41 heavy (non-hydrogen) atoms. The zero-order chi connectivity index (χ0) is 29.2. The summed E-state index contributed by atoms with van der Waals surface area (Å²) in [5.41, 5.74) is 2.36. The molecule has 0 aliphatic heterocycles. The van der Waals surface area contributed by atoms with Crippen LogP contribution in [0.4, 0.5) is 11.4 Å². The van der Waals surface area contributed by atoms with Gasteiger partial charge in [-0.25, -0.2) is 0 Å². The maximum Gasteiger partial charge on any atom is 0.272 e. The Bertz CT molecular complexity index is 1630. The molecular formula is C32H25N3O6. The highest BCUT2D eigenvalue weighted by Gasteiger charge is 2.16. The molecule has 0 aliphatic rings. The molecule has 204 valence electrons. The van der Waals surface area contributed by atoms with Crippen molar-refractivity contribution in [3.05, 3.63) is 147 Å². The molecule has 9 nitrogen and oxygen atoms in total. The maximum atomic E-state index is 13.3. The van der Waals surface area contributed by atoms with Crippen LogP contribution in [-0.2, 0) is 4.79 Å². The van der Waals surface area contributed by atoms with E-state index >= 15 is 0 Å². The second kappa shape index (κ2) is 13.3. The van der Waals surface area contributed by atoms with Gasteiger partial charge in [0.05, 0.1) is 12.0 Å². The van der Waals surface area contributed by atoms with Gasteiger partial charge in [0.1, 0.15) is 11.4 Å². The first-order valence-electron chi connectivity index (χ1n) is 12.4. The normalized spacial score (nSPS) is 11.1. The highest BCUT2D eigenvalue weighted by atomic mass is 16.6. The number of nitrogens with one attached hydrogen (secondary N) is 2.